The van der Waals surface area contributed by atoms with Gasteiger partial charge in [-0.15, -0.1) is 11.6 Å². The Hall–Kier alpha value is -1.00. The maximum Gasteiger partial charge on any atom is 0.128 e. The van der Waals surface area contributed by atoms with Crippen molar-refractivity contribution >= 4 is 27.5 Å². The summed E-state index contributed by atoms with van der Waals surface area (Å²) in [5.41, 5.74) is 0.335. The van der Waals surface area contributed by atoms with Crippen molar-refractivity contribution in [1.29, 1.82) is 0 Å². The third kappa shape index (κ3) is 2.87. The van der Waals surface area contributed by atoms with Crippen molar-refractivity contribution < 1.29 is 13.2 Å². The second-order valence-electron chi connectivity index (χ2n) is 3.73. The Morgan fingerprint density at radius 2 is 1.67 bits per heavy atom. The summed E-state index contributed by atoms with van der Waals surface area (Å²) in [6.45, 7) is 0. The maximum absolute atomic E-state index is 13.6. The molecule has 0 bridgehead atoms. The summed E-state index contributed by atoms with van der Waals surface area (Å²) in [5, 5.41) is -0.951. The van der Waals surface area contributed by atoms with E-state index in [4.69, 9.17) is 11.6 Å². The lowest BCUT2D eigenvalue weighted by Gasteiger charge is -2.12. The minimum absolute atomic E-state index is 0.0193. The van der Waals surface area contributed by atoms with Gasteiger partial charge in [0.1, 0.15) is 17.5 Å². The van der Waals surface area contributed by atoms with Crippen LogP contribution in [0.3, 0.4) is 0 Å². The fourth-order valence-electron chi connectivity index (χ4n) is 1.61. The van der Waals surface area contributed by atoms with Crippen molar-refractivity contribution in [2.45, 2.75) is 5.38 Å². The number of alkyl halides is 1. The average Bonchev–Trinajstić information content (AvgIpc) is 2.30. The van der Waals surface area contributed by atoms with Crippen molar-refractivity contribution in [1.82, 2.24) is 0 Å². The molecule has 0 saturated heterocycles. The molecule has 5 heteroatoms. The molecule has 0 N–H and O–H groups in total. The number of hydrogen-bond acceptors (Lipinski definition) is 0. The summed E-state index contributed by atoms with van der Waals surface area (Å²) in [6, 6.07) is 7.01. The highest BCUT2D eigenvalue weighted by atomic mass is 79.9. The molecule has 0 saturated carbocycles. The van der Waals surface area contributed by atoms with Gasteiger partial charge in [-0.1, -0.05) is 15.9 Å². The van der Waals surface area contributed by atoms with E-state index in [0.717, 1.165) is 18.2 Å². The van der Waals surface area contributed by atoms with Gasteiger partial charge in [-0.2, -0.15) is 0 Å². The van der Waals surface area contributed by atoms with Gasteiger partial charge in [-0.3, -0.25) is 0 Å². The van der Waals surface area contributed by atoms with Crippen LogP contribution in [-0.4, -0.2) is 0 Å². The Bertz CT molecular complexity index is 566. The van der Waals surface area contributed by atoms with E-state index in [0.29, 0.717) is 10.0 Å². The molecule has 0 amide bonds. The van der Waals surface area contributed by atoms with Crippen molar-refractivity contribution in [3.8, 4) is 0 Å². The first-order chi connectivity index (χ1) is 8.47. The van der Waals surface area contributed by atoms with E-state index < -0.39 is 22.8 Å². The van der Waals surface area contributed by atoms with E-state index in [-0.39, 0.29) is 5.56 Å². The lowest BCUT2D eigenvalue weighted by Crippen LogP contribution is -1.99. The Labute approximate surface area is 116 Å². The van der Waals surface area contributed by atoms with Gasteiger partial charge in [0.25, 0.3) is 0 Å². The zero-order chi connectivity index (χ0) is 13.3. The molecule has 0 radical (unpaired) electrons. The second-order valence-corrected chi connectivity index (χ2v) is 5.08. The summed E-state index contributed by atoms with van der Waals surface area (Å²) in [5.74, 6) is -1.72. The molecule has 0 aliphatic carbocycles. The molecule has 94 valence electrons. The molecule has 1 unspecified atom stereocenters. The Kier molecular flexibility index (Phi) is 3.97. The quantitative estimate of drug-likeness (QED) is 0.662. The molecular formula is C13H7BrClF3. The van der Waals surface area contributed by atoms with Crippen LogP contribution in [-0.2, 0) is 0 Å². The van der Waals surface area contributed by atoms with Crippen molar-refractivity contribution in [3.05, 3.63) is 69.4 Å². The lowest BCUT2D eigenvalue weighted by atomic mass is 10.0. The number of hydrogen-bond donors (Lipinski definition) is 0. The topological polar surface area (TPSA) is 0 Å². The van der Waals surface area contributed by atoms with Gasteiger partial charge < -0.3 is 0 Å². The van der Waals surface area contributed by atoms with Gasteiger partial charge >= 0.3 is 0 Å². The predicted octanol–water partition coefficient (Wildman–Crippen LogP) is 5.19. The van der Waals surface area contributed by atoms with E-state index in [1.165, 1.54) is 12.1 Å². The molecular weight excluding hydrogens is 328 g/mol. The van der Waals surface area contributed by atoms with Crippen molar-refractivity contribution in [2.75, 3.05) is 0 Å². The SMILES string of the molecule is Fc1cc(Br)cc(C(Cl)c2cc(F)ccc2F)c1. The molecule has 0 nitrogen and oxygen atoms in total. The van der Waals surface area contributed by atoms with Crippen LogP contribution < -0.4 is 0 Å². The van der Waals surface area contributed by atoms with Gasteiger partial charge in [-0.25, -0.2) is 13.2 Å². The first-order valence-corrected chi connectivity index (χ1v) is 6.25. The van der Waals surface area contributed by atoms with Gasteiger partial charge in [-0.05, 0) is 42.0 Å². The molecule has 0 aliphatic rings. The van der Waals surface area contributed by atoms with E-state index in [9.17, 15) is 13.2 Å². The fraction of sp³-hybridized carbons (Fsp3) is 0.0769. The minimum Gasteiger partial charge on any atom is -0.207 e. The standard InChI is InChI=1S/C13H7BrClF3/c14-8-3-7(4-10(17)5-8)13(15)11-6-9(16)1-2-12(11)18/h1-6,13H. The molecule has 0 heterocycles. The van der Waals surface area contributed by atoms with Gasteiger partial charge in [0.2, 0.25) is 0 Å². The van der Waals surface area contributed by atoms with Crippen molar-refractivity contribution in [3.63, 3.8) is 0 Å². The van der Waals surface area contributed by atoms with Crippen LogP contribution in [0.5, 0.6) is 0 Å². The van der Waals surface area contributed by atoms with Gasteiger partial charge in [0.05, 0.1) is 5.38 Å². The molecule has 0 aliphatic heterocycles. The maximum atomic E-state index is 13.6. The van der Waals surface area contributed by atoms with Crippen LogP contribution >= 0.6 is 27.5 Å². The van der Waals surface area contributed by atoms with Gasteiger partial charge in [0, 0.05) is 10.0 Å². The smallest absolute Gasteiger partial charge is 0.128 e. The molecule has 1 atom stereocenters. The number of rotatable bonds is 2. The Balaban J connectivity index is 2.47. The van der Waals surface area contributed by atoms with E-state index in [1.54, 1.807) is 6.07 Å². The molecule has 2 rings (SSSR count). The molecule has 18 heavy (non-hydrogen) atoms. The first kappa shape index (κ1) is 13.4. The molecule has 0 aromatic heterocycles. The second kappa shape index (κ2) is 5.33. The fourth-order valence-corrected chi connectivity index (χ4v) is 2.39. The van der Waals surface area contributed by atoms with E-state index >= 15 is 0 Å². The van der Waals surface area contributed by atoms with E-state index in [1.807, 2.05) is 0 Å². The summed E-state index contributed by atoms with van der Waals surface area (Å²) in [4.78, 5) is 0. The van der Waals surface area contributed by atoms with E-state index in [2.05, 4.69) is 15.9 Å². The van der Waals surface area contributed by atoms with Crippen LogP contribution in [0.15, 0.2) is 40.9 Å². The first-order valence-electron chi connectivity index (χ1n) is 5.02. The number of benzene rings is 2. The van der Waals surface area contributed by atoms with Crippen LogP contribution in [0, 0.1) is 17.5 Å². The third-order valence-corrected chi connectivity index (χ3v) is 3.35. The molecule has 2 aromatic carbocycles. The normalized spacial score (nSPS) is 12.5. The van der Waals surface area contributed by atoms with Crippen LogP contribution in [0.25, 0.3) is 0 Å². The number of halogens is 5. The third-order valence-electron chi connectivity index (χ3n) is 2.41. The molecule has 0 fully saturated rings. The predicted molar refractivity (Wildman–Crippen MR) is 68.2 cm³/mol. The average molecular weight is 336 g/mol. The van der Waals surface area contributed by atoms with Crippen LogP contribution in [0.2, 0.25) is 0 Å². The summed E-state index contributed by atoms with van der Waals surface area (Å²) in [7, 11) is 0. The highest BCUT2D eigenvalue weighted by molar-refractivity contribution is 9.10. The highest BCUT2D eigenvalue weighted by Crippen LogP contribution is 2.32. The molecule has 0 spiro atoms. The van der Waals surface area contributed by atoms with Crippen LogP contribution in [0.1, 0.15) is 16.5 Å². The zero-order valence-electron chi connectivity index (χ0n) is 8.93. The zero-order valence-corrected chi connectivity index (χ0v) is 11.3. The van der Waals surface area contributed by atoms with Crippen molar-refractivity contribution in [2.24, 2.45) is 0 Å². The summed E-state index contributed by atoms with van der Waals surface area (Å²) in [6.07, 6.45) is 0. The Morgan fingerprint density at radius 3 is 2.33 bits per heavy atom. The van der Waals surface area contributed by atoms with Gasteiger partial charge in [0.15, 0.2) is 0 Å². The lowest BCUT2D eigenvalue weighted by molar-refractivity contribution is 0.586. The largest absolute Gasteiger partial charge is 0.207 e. The molecule has 2 aromatic rings. The Morgan fingerprint density at radius 1 is 0.944 bits per heavy atom. The highest BCUT2D eigenvalue weighted by Gasteiger charge is 2.17. The summed E-state index contributed by atoms with van der Waals surface area (Å²) >= 11 is 9.18. The monoisotopic (exact) mass is 334 g/mol. The minimum atomic E-state index is -0.951. The summed E-state index contributed by atoms with van der Waals surface area (Å²) < 4.78 is 40.3. The van der Waals surface area contributed by atoms with Crippen LogP contribution in [0.4, 0.5) is 13.2 Å².